The van der Waals surface area contributed by atoms with Crippen LogP contribution in [0.4, 0.5) is 0 Å². The number of sulfonamides is 1. The molecule has 1 aliphatic rings. The fraction of sp³-hybridized carbons (Fsp3) is 0.333. The van der Waals surface area contributed by atoms with Crippen molar-refractivity contribution in [2.45, 2.75) is 30.6 Å². The highest BCUT2D eigenvalue weighted by Gasteiger charge is 2.25. The summed E-state index contributed by atoms with van der Waals surface area (Å²) in [6.45, 7) is 1.04. The fourth-order valence-corrected chi connectivity index (χ4v) is 4.69. The second kappa shape index (κ2) is 9.07. The van der Waals surface area contributed by atoms with Crippen LogP contribution in [0.1, 0.15) is 41.6 Å². The van der Waals surface area contributed by atoms with Crippen LogP contribution in [0.15, 0.2) is 47.4 Å². The molecule has 0 spiro atoms. The number of hydrogen-bond donors (Lipinski definition) is 0. The lowest BCUT2D eigenvalue weighted by molar-refractivity contribution is 0.0729. The van der Waals surface area contributed by atoms with Crippen molar-refractivity contribution < 1.29 is 22.7 Å². The number of benzene rings is 2. The lowest BCUT2D eigenvalue weighted by Gasteiger charge is -2.20. The highest BCUT2D eigenvalue weighted by molar-refractivity contribution is 7.89. The van der Waals surface area contributed by atoms with Gasteiger partial charge in [0.2, 0.25) is 10.0 Å². The summed E-state index contributed by atoms with van der Waals surface area (Å²) in [6, 6.07) is 12.2. The lowest BCUT2D eigenvalue weighted by atomic mass is 10.2. The largest absolute Gasteiger partial charge is 0.493 e. The van der Waals surface area contributed by atoms with Crippen LogP contribution in [0.25, 0.3) is 0 Å². The average molecular weight is 414 g/mol. The Morgan fingerprint density at radius 1 is 1.00 bits per heavy atom. The summed E-state index contributed by atoms with van der Waals surface area (Å²) in [5, 5.41) is 8.94. The molecule has 29 heavy (non-hydrogen) atoms. The van der Waals surface area contributed by atoms with Gasteiger partial charge in [-0.25, -0.2) is 13.2 Å². The van der Waals surface area contributed by atoms with Gasteiger partial charge < -0.3 is 9.47 Å². The first-order valence-corrected chi connectivity index (χ1v) is 10.8. The van der Waals surface area contributed by atoms with Crippen LogP contribution in [-0.4, -0.2) is 38.9 Å². The third-order valence-electron chi connectivity index (χ3n) is 4.79. The molecule has 0 aliphatic carbocycles. The number of hydrogen-bond acceptors (Lipinski definition) is 6. The molecule has 0 atom stereocenters. The maximum atomic E-state index is 12.8. The van der Waals surface area contributed by atoms with Crippen LogP contribution in [0.5, 0.6) is 11.5 Å². The number of esters is 1. The molecule has 0 unspecified atom stereocenters. The van der Waals surface area contributed by atoms with Gasteiger partial charge in [-0.15, -0.1) is 0 Å². The Kier molecular flexibility index (Phi) is 6.52. The molecule has 0 amide bonds. The number of carbonyl (C=O) groups is 1. The summed E-state index contributed by atoms with van der Waals surface area (Å²) in [4.78, 5) is 12.6. The molecule has 0 radical (unpaired) electrons. The number of nitrogens with zero attached hydrogens (tertiary/aromatic N) is 2. The van der Waals surface area contributed by atoms with E-state index >= 15 is 0 Å². The van der Waals surface area contributed by atoms with Gasteiger partial charge in [0.15, 0.2) is 11.5 Å². The number of carbonyl (C=O) groups excluding carboxylic acids is 1. The third-order valence-corrected chi connectivity index (χ3v) is 6.70. The summed E-state index contributed by atoms with van der Waals surface area (Å²) >= 11 is 0. The smallest absolute Gasteiger partial charge is 0.343 e. The van der Waals surface area contributed by atoms with Gasteiger partial charge in [-0.05, 0) is 49.2 Å². The third kappa shape index (κ3) is 4.75. The van der Waals surface area contributed by atoms with Crippen molar-refractivity contribution in [2.75, 3.05) is 20.2 Å². The summed E-state index contributed by atoms with van der Waals surface area (Å²) in [6.07, 6.45) is 3.79. The Labute approximate surface area is 170 Å². The van der Waals surface area contributed by atoms with Crippen molar-refractivity contribution in [2.24, 2.45) is 0 Å². The summed E-state index contributed by atoms with van der Waals surface area (Å²) in [5.41, 5.74) is 0.593. The quantitative estimate of drug-likeness (QED) is 0.550. The summed E-state index contributed by atoms with van der Waals surface area (Å²) < 4.78 is 37.7. The van der Waals surface area contributed by atoms with Crippen molar-refractivity contribution in [3.05, 3.63) is 53.6 Å². The van der Waals surface area contributed by atoms with E-state index in [4.69, 9.17) is 14.7 Å². The molecule has 0 N–H and O–H groups in total. The van der Waals surface area contributed by atoms with E-state index in [0.717, 1.165) is 25.7 Å². The molecule has 0 saturated carbocycles. The van der Waals surface area contributed by atoms with Gasteiger partial charge in [0.05, 0.1) is 29.2 Å². The van der Waals surface area contributed by atoms with E-state index in [2.05, 4.69) is 0 Å². The molecular weight excluding hydrogens is 392 g/mol. The van der Waals surface area contributed by atoms with E-state index in [9.17, 15) is 13.2 Å². The van der Waals surface area contributed by atoms with Crippen molar-refractivity contribution in [3.63, 3.8) is 0 Å². The summed E-state index contributed by atoms with van der Waals surface area (Å²) in [7, 11) is -2.16. The number of ether oxygens (including phenoxy) is 2. The molecule has 1 saturated heterocycles. The molecular formula is C21H22N2O5S. The van der Waals surface area contributed by atoms with Gasteiger partial charge in [-0.2, -0.15) is 9.57 Å². The highest BCUT2D eigenvalue weighted by atomic mass is 32.2. The molecule has 2 aromatic carbocycles. The standard InChI is InChI=1S/C21H22N2O5S/c1-27-20-14-16(15-22)6-11-19(20)28-21(24)17-7-9-18(10-8-17)29(25,26)23-12-4-2-3-5-13-23/h6-11,14H,2-5,12-13H2,1H3. The maximum absolute atomic E-state index is 12.8. The zero-order valence-corrected chi connectivity index (χ0v) is 16.9. The highest BCUT2D eigenvalue weighted by Crippen LogP contribution is 2.29. The van der Waals surface area contributed by atoms with Crippen LogP contribution in [0.2, 0.25) is 0 Å². The van der Waals surface area contributed by atoms with Crippen molar-refractivity contribution in [1.82, 2.24) is 4.31 Å². The minimum atomic E-state index is -3.57. The van der Waals surface area contributed by atoms with Crippen LogP contribution in [0, 0.1) is 11.3 Å². The monoisotopic (exact) mass is 414 g/mol. The first-order valence-electron chi connectivity index (χ1n) is 9.36. The van der Waals surface area contributed by atoms with Gasteiger partial charge in [0, 0.05) is 19.2 Å². The molecule has 0 bridgehead atoms. The minimum absolute atomic E-state index is 0.159. The van der Waals surface area contributed by atoms with Gasteiger partial charge in [0.1, 0.15) is 0 Å². The zero-order chi connectivity index (χ0) is 20.9. The van der Waals surface area contributed by atoms with Crippen molar-refractivity contribution >= 4 is 16.0 Å². The Balaban J connectivity index is 1.76. The number of nitriles is 1. The van der Waals surface area contributed by atoms with Gasteiger partial charge in [0.25, 0.3) is 0 Å². The van der Waals surface area contributed by atoms with Crippen LogP contribution in [0.3, 0.4) is 0 Å². The van der Waals surface area contributed by atoms with E-state index in [1.165, 1.54) is 53.9 Å². The average Bonchev–Trinajstić information content (AvgIpc) is 3.04. The Morgan fingerprint density at radius 2 is 1.66 bits per heavy atom. The molecule has 1 aliphatic heterocycles. The summed E-state index contributed by atoms with van der Waals surface area (Å²) in [5.74, 6) is -0.206. The Hall–Kier alpha value is -2.89. The van der Waals surface area contributed by atoms with E-state index in [0.29, 0.717) is 18.7 Å². The predicted molar refractivity (Wildman–Crippen MR) is 106 cm³/mol. The number of rotatable bonds is 5. The van der Waals surface area contributed by atoms with Gasteiger partial charge in [-0.1, -0.05) is 12.8 Å². The van der Waals surface area contributed by atoms with E-state index in [-0.39, 0.29) is 22.0 Å². The first kappa shape index (κ1) is 20.8. The first-order chi connectivity index (χ1) is 14.0. The van der Waals surface area contributed by atoms with E-state index in [1.807, 2.05) is 6.07 Å². The molecule has 8 heteroatoms. The van der Waals surface area contributed by atoms with E-state index < -0.39 is 16.0 Å². The lowest BCUT2D eigenvalue weighted by Crippen LogP contribution is -2.31. The Morgan fingerprint density at radius 3 is 2.24 bits per heavy atom. The zero-order valence-electron chi connectivity index (χ0n) is 16.1. The van der Waals surface area contributed by atoms with Gasteiger partial charge >= 0.3 is 5.97 Å². The van der Waals surface area contributed by atoms with Crippen molar-refractivity contribution in [1.29, 1.82) is 5.26 Å². The molecule has 2 aromatic rings. The molecule has 152 valence electrons. The molecule has 1 fully saturated rings. The fourth-order valence-electron chi connectivity index (χ4n) is 3.17. The van der Waals surface area contributed by atoms with Crippen LogP contribution in [-0.2, 0) is 10.0 Å². The second-order valence-electron chi connectivity index (χ2n) is 6.71. The van der Waals surface area contributed by atoms with E-state index in [1.54, 1.807) is 0 Å². The van der Waals surface area contributed by atoms with Crippen LogP contribution >= 0.6 is 0 Å². The predicted octanol–water partition coefficient (Wildman–Crippen LogP) is 3.35. The van der Waals surface area contributed by atoms with Gasteiger partial charge in [-0.3, -0.25) is 0 Å². The molecule has 7 nitrogen and oxygen atoms in total. The molecule has 3 rings (SSSR count). The maximum Gasteiger partial charge on any atom is 0.343 e. The Bertz CT molecular complexity index is 1020. The SMILES string of the molecule is COc1cc(C#N)ccc1OC(=O)c1ccc(S(=O)(=O)N2CCCCCC2)cc1. The van der Waals surface area contributed by atoms with Crippen LogP contribution < -0.4 is 9.47 Å². The molecule has 0 aromatic heterocycles. The molecule has 1 heterocycles. The minimum Gasteiger partial charge on any atom is -0.493 e. The second-order valence-corrected chi connectivity index (χ2v) is 8.65. The number of methoxy groups -OCH3 is 1. The topological polar surface area (TPSA) is 96.7 Å². The van der Waals surface area contributed by atoms with Crippen molar-refractivity contribution in [3.8, 4) is 17.6 Å². The normalized spacial score (nSPS) is 15.2.